The highest BCUT2D eigenvalue weighted by molar-refractivity contribution is 9.10. The van der Waals surface area contributed by atoms with E-state index in [4.69, 9.17) is 9.47 Å². The van der Waals surface area contributed by atoms with Gasteiger partial charge in [-0.2, -0.15) is 0 Å². The molecular formula is C14H17BrO3. The van der Waals surface area contributed by atoms with Crippen LogP contribution in [0.2, 0.25) is 0 Å². The van der Waals surface area contributed by atoms with Crippen molar-refractivity contribution in [3.05, 3.63) is 22.2 Å². The Morgan fingerprint density at radius 3 is 2.67 bits per heavy atom. The molecule has 2 saturated carbocycles. The lowest BCUT2D eigenvalue weighted by Crippen LogP contribution is -2.11. The molecule has 1 aromatic rings. The van der Waals surface area contributed by atoms with Gasteiger partial charge in [-0.15, -0.1) is 0 Å². The Morgan fingerprint density at radius 1 is 1.39 bits per heavy atom. The first-order valence-electron chi connectivity index (χ1n) is 6.35. The molecule has 0 saturated heterocycles. The molecular weight excluding hydrogens is 296 g/mol. The van der Waals surface area contributed by atoms with Crippen molar-refractivity contribution in [3.63, 3.8) is 0 Å². The zero-order chi connectivity index (χ0) is 12.8. The van der Waals surface area contributed by atoms with E-state index >= 15 is 0 Å². The van der Waals surface area contributed by atoms with E-state index in [1.807, 2.05) is 12.1 Å². The standard InChI is InChI=1S/C14H17BrO3/c1-17-12-7-9(8-14(16)4-5-14)6-11(15)13(12)18-10-2-3-10/h6-7,10,16H,2-5,8H2,1H3. The Morgan fingerprint density at radius 2 is 2.11 bits per heavy atom. The van der Waals surface area contributed by atoms with E-state index in [0.29, 0.717) is 12.5 Å². The highest BCUT2D eigenvalue weighted by Crippen LogP contribution is 2.43. The van der Waals surface area contributed by atoms with Crippen molar-refractivity contribution in [2.45, 2.75) is 43.8 Å². The van der Waals surface area contributed by atoms with Crippen molar-refractivity contribution in [1.29, 1.82) is 0 Å². The van der Waals surface area contributed by atoms with Crippen LogP contribution in [0.3, 0.4) is 0 Å². The first-order valence-corrected chi connectivity index (χ1v) is 7.14. The second-order valence-corrected chi connectivity index (χ2v) is 6.18. The maximum atomic E-state index is 9.97. The van der Waals surface area contributed by atoms with E-state index in [2.05, 4.69) is 15.9 Å². The number of hydrogen-bond acceptors (Lipinski definition) is 3. The van der Waals surface area contributed by atoms with Gasteiger partial charge < -0.3 is 14.6 Å². The summed E-state index contributed by atoms with van der Waals surface area (Å²) < 4.78 is 12.1. The third kappa shape index (κ3) is 2.64. The minimum Gasteiger partial charge on any atom is -0.493 e. The second-order valence-electron chi connectivity index (χ2n) is 5.33. The van der Waals surface area contributed by atoms with E-state index < -0.39 is 5.60 Å². The molecule has 2 fully saturated rings. The zero-order valence-corrected chi connectivity index (χ0v) is 12.0. The number of rotatable bonds is 5. The van der Waals surface area contributed by atoms with E-state index in [9.17, 15) is 5.11 Å². The minimum absolute atomic E-state index is 0.341. The lowest BCUT2D eigenvalue weighted by molar-refractivity contribution is 0.151. The summed E-state index contributed by atoms with van der Waals surface area (Å²) in [5, 5.41) is 9.97. The van der Waals surface area contributed by atoms with Gasteiger partial charge in [-0.25, -0.2) is 0 Å². The highest BCUT2D eigenvalue weighted by atomic mass is 79.9. The van der Waals surface area contributed by atoms with Gasteiger partial charge >= 0.3 is 0 Å². The van der Waals surface area contributed by atoms with Crippen molar-refractivity contribution in [1.82, 2.24) is 0 Å². The van der Waals surface area contributed by atoms with Crippen LogP contribution in [0.4, 0.5) is 0 Å². The third-order valence-corrected chi connectivity index (χ3v) is 4.05. The SMILES string of the molecule is COc1cc(CC2(O)CC2)cc(Br)c1OC1CC1. The van der Waals surface area contributed by atoms with Gasteiger partial charge in [0.1, 0.15) is 0 Å². The molecule has 0 aliphatic heterocycles. The molecule has 0 amide bonds. The molecule has 0 bridgehead atoms. The molecule has 1 N–H and O–H groups in total. The first-order chi connectivity index (χ1) is 8.59. The lowest BCUT2D eigenvalue weighted by atomic mass is 10.1. The first kappa shape index (κ1) is 12.3. The zero-order valence-electron chi connectivity index (χ0n) is 10.4. The Bertz CT molecular complexity index is 464. The summed E-state index contributed by atoms with van der Waals surface area (Å²) in [6, 6.07) is 4.00. The van der Waals surface area contributed by atoms with Crippen LogP contribution in [0.5, 0.6) is 11.5 Å². The van der Waals surface area contributed by atoms with Crippen molar-refractivity contribution >= 4 is 15.9 Å². The molecule has 0 heterocycles. The fourth-order valence-electron chi connectivity index (χ4n) is 2.04. The van der Waals surface area contributed by atoms with Gasteiger partial charge in [0.2, 0.25) is 0 Å². The molecule has 98 valence electrons. The van der Waals surface area contributed by atoms with E-state index in [1.165, 1.54) is 0 Å². The monoisotopic (exact) mass is 312 g/mol. The van der Waals surface area contributed by atoms with Gasteiger partial charge in [-0.3, -0.25) is 0 Å². The average Bonchev–Trinajstić information content (AvgIpc) is 3.21. The molecule has 0 spiro atoms. The summed E-state index contributed by atoms with van der Waals surface area (Å²) in [6.45, 7) is 0. The normalized spacial score (nSPS) is 20.6. The van der Waals surface area contributed by atoms with E-state index in [1.54, 1.807) is 7.11 Å². The number of halogens is 1. The van der Waals surface area contributed by atoms with Crippen molar-refractivity contribution in [3.8, 4) is 11.5 Å². The van der Waals surface area contributed by atoms with Crippen LogP contribution in [0.25, 0.3) is 0 Å². The maximum absolute atomic E-state index is 9.97. The van der Waals surface area contributed by atoms with Crippen molar-refractivity contribution in [2.24, 2.45) is 0 Å². The minimum atomic E-state index is -0.483. The van der Waals surface area contributed by atoms with Gasteiger partial charge in [0.25, 0.3) is 0 Å². The third-order valence-electron chi connectivity index (χ3n) is 3.46. The summed E-state index contributed by atoms with van der Waals surface area (Å²) in [5.74, 6) is 1.53. The molecule has 0 aromatic heterocycles. The van der Waals surface area contributed by atoms with Gasteiger partial charge in [-0.05, 0) is 59.3 Å². The predicted octanol–water partition coefficient (Wildman–Crippen LogP) is 3.07. The summed E-state index contributed by atoms with van der Waals surface area (Å²) in [7, 11) is 1.65. The summed E-state index contributed by atoms with van der Waals surface area (Å²) in [6.07, 6.45) is 5.06. The highest BCUT2D eigenvalue weighted by Gasteiger charge is 2.40. The molecule has 4 heteroatoms. The molecule has 1 aromatic carbocycles. The lowest BCUT2D eigenvalue weighted by Gasteiger charge is -2.15. The summed E-state index contributed by atoms with van der Waals surface area (Å²) >= 11 is 3.54. The van der Waals surface area contributed by atoms with E-state index in [0.717, 1.165) is 47.2 Å². The van der Waals surface area contributed by atoms with Crippen LogP contribution in [0.1, 0.15) is 31.2 Å². The van der Waals surface area contributed by atoms with Crippen molar-refractivity contribution in [2.75, 3.05) is 7.11 Å². The number of benzene rings is 1. The van der Waals surface area contributed by atoms with Gasteiger partial charge in [0.15, 0.2) is 11.5 Å². The van der Waals surface area contributed by atoms with Crippen LogP contribution >= 0.6 is 15.9 Å². The Labute approximate surface area is 115 Å². The fraction of sp³-hybridized carbons (Fsp3) is 0.571. The van der Waals surface area contributed by atoms with Crippen LogP contribution in [0.15, 0.2) is 16.6 Å². The Kier molecular flexibility index (Phi) is 3.02. The molecule has 18 heavy (non-hydrogen) atoms. The molecule has 3 nitrogen and oxygen atoms in total. The Hall–Kier alpha value is -0.740. The second kappa shape index (κ2) is 4.42. The number of ether oxygens (including phenoxy) is 2. The number of aliphatic hydroxyl groups is 1. The molecule has 0 radical (unpaired) electrons. The number of methoxy groups -OCH3 is 1. The number of hydrogen-bond donors (Lipinski definition) is 1. The van der Waals surface area contributed by atoms with Crippen molar-refractivity contribution < 1.29 is 14.6 Å². The van der Waals surface area contributed by atoms with Crippen LogP contribution in [0, 0.1) is 0 Å². The van der Waals surface area contributed by atoms with Crippen LogP contribution in [-0.2, 0) is 6.42 Å². The maximum Gasteiger partial charge on any atom is 0.175 e. The van der Waals surface area contributed by atoms with Crippen LogP contribution in [-0.4, -0.2) is 23.9 Å². The topological polar surface area (TPSA) is 38.7 Å². The summed E-state index contributed by atoms with van der Waals surface area (Å²) in [4.78, 5) is 0. The average molecular weight is 313 g/mol. The molecule has 0 unspecified atom stereocenters. The summed E-state index contributed by atoms with van der Waals surface area (Å²) in [5.41, 5.74) is 0.602. The predicted molar refractivity (Wildman–Crippen MR) is 72.2 cm³/mol. The van der Waals surface area contributed by atoms with Gasteiger partial charge in [0.05, 0.1) is 23.3 Å². The van der Waals surface area contributed by atoms with Crippen LogP contribution < -0.4 is 9.47 Å². The molecule has 2 aliphatic rings. The quantitative estimate of drug-likeness (QED) is 0.908. The van der Waals surface area contributed by atoms with E-state index in [-0.39, 0.29) is 0 Å². The largest absolute Gasteiger partial charge is 0.493 e. The van der Waals surface area contributed by atoms with Gasteiger partial charge in [-0.1, -0.05) is 0 Å². The smallest absolute Gasteiger partial charge is 0.175 e. The Balaban J connectivity index is 1.85. The molecule has 2 aliphatic carbocycles. The fourth-order valence-corrected chi connectivity index (χ4v) is 2.63. The van der Waals surface area contributed by atoms with Gasteiger partial charge in [0, 0.05) is 6.42 Å². The molecule has 0 atom stereocenters. The molecule has 3 rings (SSSR count).